The van der Waals surface area contributed by atoms with Gasteiger partial charge in [-0.15, -0.1) is 11.3 Å². The van der Waals surface area contributed by atoms with Gasteiger partial charge in [0.05, 0.1) is 14.2 Å². The Morgan fingerprint density at radius 1 is 1.15 bits per heavy atom. The first-order chi connectivity index (χ1) is 9.62. The van der Waals surface area contributed by atoms with Crippen LogP contribution >= 0.6 is 11.3 Å². The number of methoxy groups -OCH3 is 2. The van der Waals surface area contributed by atoms with E-state index in [0.29, 0.717) is 6.54 Å². The summed E-state index contributed by atoms with van der Waals surface area (Å²) in [6.45, 7) is 2.82. The van der Waals surface area contributed by atoms with Crippen molar-refractivity contribution in [2.75, 3.05) is 20.8 Å². The maximum Gasteiger partial charge on any atom is 0.160 e. The third-order valence-corrected chi connectivity index (χ3v) is 4.78. The van der Waals surface area contributed by atoms with E-state index in [1.165, 1.54) is 10.4 Å². The summed E-state index contributed by atoms with van der Waals surface area (Å²) in [6, 6.07) is 10.3. The zero-order valence-corrected chi connectivity index (χ0v) is 13.0. The second kappa shape index (κ2) is 6.29. The molecule has 0 aliphatic carbocycles. The number of hydrogen-bond donors (Lipinski definition) is 1. The summed E-state index contributed by atoms with van der Waals surface area (Å²) in [5.41, 5.74) is 7.17. The molecule has 1 aromatic carbocycles. The third kappa shape index (κ3) is 2.97. The zero-order valence-electron chi connectivity index (χ0n) is 12.2. The normalized spacial score (nSPS) is 13.8. The molecule has 0 radical (unpaired) electrons. The fourth-order valence-corrected chi connectivity index (χ4v) is 3.22. The van der Waals surface area contributed by atoms with Gasteiger partial charge >= 0.3 is 0 Å². The molecule has 3 nitrogen and oxygen atoms in total. The topological polar surface area (TPSA) is 44.5 Å². The predicted octanol–water partition coefficient (Wildman–Crippen LogP) is 3.22. The minimum atomic E-state index is -0.0479. The van der Waals surface area contributed by atoms with E-state index < -0.39 is 0 Å². The first kappa shape index (κ1) is 14.9. The molecule has 1 unspecified atom stereocenters. The Labute approximate surface area is 124 Å². The summed E-state index contributed by atoms with van der Waals surface area (Å²) in [4.78, 5) is 1.31. The lowest BCUT2D eigenvalue weighted by Gasteiger charge is -2.27. The summed E-state index contributed by atoms with van der Waals surface area (Å²) in [5, 5.41) is 2.10. The van der Waals surface area contributed by atoms with Crippen LogP contribution in [-0.4, -0.2) is 20.8 Å². The van der Waals surface area contributed by atoms with Crippen LogP contribution in [-0.2, 0) is 11.8 Å². The van der Waals surface area contributed by atoms with Crippen LogP contribution in [0.2, 0.25) is 0 Å². The second-order valence-corrected chi connectivity index (χ2v) is 6.06. The Balaban J connectivity index is 2.28. The Morgan fingerprint density at radius 3 is 2.45 bits per heavy atom. The molecule has 0 fully saturated rings. The van der Waals surface area contributed by atoms with Crippen LogP contribution in [0.25, 0.3) is 0 Å². The van der Waals surface area contributed by atoms with Crippen molar-refractivity contribution < 1.29 is 9.47 Å². The quantitative estimate of drug-likeness (QED) is 0.888. The molecule has 1 atom stereocenters. The SMILES string of the molecule is COc1ccc(CC(C)(CN)c2cccs2)cc1OC. The minimum Gasteiger partial charge on any atom is -0.493 e. The van der Waals surface area contributed by atoms with Crippen molar-refractivity contribution in [3.63, 3.8) is 0 Å². The van der Waals surface area contributed by atoms with E-state index in [4.69, 9.17) is 15.2 Å². The molecule has 2 rings (SSSR count). The van der Waals surface area contributed by atoms with Crippen LogP contribution in [0, 0.1) is 0 Å². The van der Waals surface area contributed by atoms with Crippen molar-refractivity contribution in [3.8, 4) is 11.5 Å². The molecule has 0 amide bonds. The monoisotopic (exact) mass is 291 g/mol. The average molecular weight is 291 g/mol. The average Bonchev–Trinajstić information content (AvgIpc) is 3.01. The second-order valence-electron chi connectivity index (χ2n) is 5.11. The van der Waals surface area contributed by atoms with Crippen molar-refractivity contribution in [2.24, 2.45) is 5.73 Å². The minimum absolute atomic E-state index is 0.0479. The molecule has 0 spiro atoms. The van der Waals surface area contributed by atoms with Gasteiger partial charge in [-0.2, -0.15) is 0 Å². The van der Waals surface area contributed by atoms with Crippen molar-refractivity contribution >= 4 is 11.3 Å². The summed E-state index contributed by atoms with van der Waals surface area (Å²) in [5.74, 6) is 1.51. The molecule has 0 aliphatic rings. The molecule has 0 saturated carbocycles. The van der Waals surface area contributed by atoms with Crippen molar-refractivity contribution in [3.05, 3.63) is 46.2 Å². The largest absolute Gasteiger partial charge is 0.493 e. The van der Waals surface area contributed by atoms with Gasteiger partial charge in [0.15, 0.2) is 11.5 Å². The van der Waals surface area contributed by atoms with Crippen molar-refractivity contribution in [2.45, 2.75) is 18.8 Å². The lowest BCUT2D eigenvalue weighted by molar-refractivity contribution is 0.354. The number of benzene rings is 1. The van der Waals surface area contributed by atoms with Gasteiger partial charge in [-0.05, 0) is 35.6 Å². The number of nitrogens with two attached hydrogens (primary N) is 1. The highest BCUT2D eigenvalue weighted by molar-refractivity contribution is 7.10. The highest BCUT2D eigenvalue weighted by Gasteiger charge is 2.26. The van der Waals surface area contributed by atoms with Crippen LogP contribution in [0.15, 0.2) is 35.7 Å². The van der Waals surface area contributed by atoms with Gasteiger partial charge in [0.25, 0.3) is 0 Å². The summed E-state index contributed by atoms with van der Waals surface area (Å²) in [7, 11) is 3.30. The fourth-order valence-electron chi connectivity index (χ4n) is 2.32. The fraction of sp³-hybridized carbons (Fsp3) is 0.375. The Bertz CT molecular complexity index is 554. The van der Waals surface area contributed by atoms with Crippen LogP contribution in [0.5, 0.6) is 11.5 Å². The molecule has 4 heteroatoms. The van der Waals surface area contributed by atoms with Crippen LogP contribution < -0.4 is 15.2 Å². The van der Waals surface area contributed by atoms with E-state index in [-0.39, 0.29) is 5.41 Å². The van der Waals surface area contributed by atoms with Gasteiger partial charge in [-0.3, -0.25) is 0 Å². The van der Waals surface area contributed by atoms with E-state index >= 15 is 0 Å². The highest BCUT2D eigenvalue weighted by Crippen LogP contribution is 2.34. The summed E-state index contributed by atoms with van der Waals surface area (Å²) in [6.07, 6.45) is 0.879. The van der Waals surface area contributed by atoms with Crippen LogP contribution in [0.1, 0.15) is 17.4 Å². The smallest absolute Gasteiger partial charge is 0.160 e. The van der Waals surface area contributed by atoms with Crippen molar-refractivity contribution in [1.82, 2.24) is 0 Å². The zero-order chi connectivity index (χ0) is 14.6. The Morgan fingerprint density at radius 2 is 1.90 bits per heavy atom. The van der Waals surface area contributed by atoms with Gasteiger partial charge in [-0.25, -0.2) is 0 Å². The maximum atomic E-state index is 6.02. The summed E-state index contributed by atoms with van der Waals surface area (Å²) < 4.78 is 10.6. The third-order valence-electron chi connectivity index (χ3n) is 3.61. The van der Waals surface area contributed by atoms with E-state index in [0.717, 1.165) is 17.9 Å². The van der Waals surface area contributed by atoms with E-state index in [1.54, 1.807) is 25.6 Å². The first-order valence-corrected chi connectivity index (χ1v) is 7.46. The Hall–Kier alpha value is -1.52. The molecule has 2 aromatic rings. The lowest BCUT2D eigenvalue weighted by atomic mass is 9.82. The van der Waals surface area contributed by atoms with E-state index in [2.05, 4.69) is 30.5 Å². The first-order valence-electron chi connectivity index (χ1n) is 6.58. The molecule has 0 bridgehead atoms. The van der Waals surface area contributed by atoms with Crippen LogP contribution in [0.3, 0.4) is 0 Å². The number of thiophene rings is 1. The van der Waals surface area contributed by atoms with Gasteiger partial charge in [0.1, 0.15) is 0 Å². The molecule has 20 heavy (non-hydrogen) atoms. The van der Waals surface area contributed by atoms with Gasteiger partial charge in [-0.1, -0.05) is 19.1 Å². The highest BCUT2D eigenvalue weighted by atomic mass is 32.1. The van der Waals surface area contributed by atoms with Crippen molar-refractivity contribution in [1.29, 1.82) is 0 Å². The molecule has 108 valence electrons. The Kier molecular flexibility index (Phi) is 4.68. The molecule has 0 aliphatic heterocycles. The van der Waals surface area contributed by atoms with E-state index in [1.807, 2.05) is 12.1 Å². The van der Waals surface area contributed by atoms with Gasteiger partial charge in [0.2, 0.25) is 0 Å². The summed E-state index contributed by atoms with van der Waals surface area (Å²) >= 11 is 1.76. The number of rotatable bonds is 6. The number of hydrogen-bond acceptors (Lipinski definition) is 4. The lowest BCUT2D eigenvalue weighted by Crippen LogP contribution is -2.33. The van der Waals surface area contributed by atoms with E-state index in [9.17, 15) is 0 Å². The molecule has 1 aromatic heterocycles. The molecule has 0 saturated heterocycles. The molecular weight excluding hydrogens is 270 g/mol. The van der Waals surface area contributed by atoms with Crippen LogP contribution in [0.4, 0.5) is 0 Å². The number of ether oxygens (including phenoxy) is 2. The maximum absolute atomic E-state index is 6.02. The molecular formula is C16H21NO2S. The molecule has 2 N–H and O–H groups in total. The predicted molar refractivity (Wildman–Crippen MR) is 84.0 cm³/mol. The van der Waals surface area contributed by atoms with Gasteiger partial charge in [0, 0.05) is 16.8 Å². The molecule has 1 heterocycles. The van der Waals surface area contributed by atoms with Gasteiger partial charge < -0.3 is 15.2 Å². The standard InChI is InChI=1S/C16H21NO2S/c1-16(11-17,15-5-4-8-20-15)10-12-6-7-13(18-2)14(9-12)19-3/h4-9H,10-11,17H2,1-3H3.